The van der Waals surface area contributed by atoms with Crippen molar-refractivity contribution >= 4 is 56.9 Å². The molecule has 0 saturated heterocycles. The summed E-state index contributed by atoms with van der Waals surface area (Å²) in [6, 6.07) is 23.2. The molecule has 2 unspecified atom stereocenters. The Labute approximate surface area is 256 Å². The molecule has 43 heavy (non-hydrogen) atoms. The Morgan fingerprint density at radius 2 is 1.26 bits per heavy atom. The molecule has 0 fully saturated rings. The normalized spacial score (nSPS) is 12.2. The van der Waals surface area contributed by atoms with Gasteiger partial charge in [-0.25, -0.2) is 4.79 Å². The number of carbonyl (C=O) groups excluding carboxylic acids is 1. The van der Waals surface area contributed by atoms with Gasteiger partial charge in [0.05, 0.1) is 63.6 Å². The highest BCUT2D eigenvalue weighted by molar-refractivity contribution is 7.81. The van der Waals surface area contributed by atoms with Crippen molar-refractivity contribution in [3.8, 4) is 11.5 Å². The molecule has 0 bridgehead atoms. The van der Waals surface area contributed by atoms with Crippen LogP contribution in [0.5, 0.6) is 11.5 Å². The van der Waals surface area contributed by atoms with Crippen LogP contribution in [0.25, 0.3) is 0 Å². The maximum atomic E-state index is 12.8. The molecular formula is C31H31N3O7S2-2. The topological polar surface area (TPSA) is 134 Å². The first-order chi connectivity index (χ1) is 20.6. The van der Waals surface area contributed by atoms with E-state index in [1.165, 1.54) is 29.6 Å². The number of hydrogen-bond donors (Lipinski definition) is 1. The molecule has 0 aliphatic heterocycles. The van der Waals surface area contributed by atoms with Crippen molar-refractivity contribution in [2.45, 2.75) is 27.2 Å². The van der Waals surface area contributed by atoms with Crippen molar-refractivity contribution in [1.29, 1.82) is 0 Å². The molecule has 226 valence electrons. The molecule has 0 aliphatic rings. The number of methoxy groups -OCH3 is 1. The summed E-state index contributed by atoms with van der Waals surface area (Å²) in [5, 5.41) is 3.26. The fourth-order valence-electron chi connectivity index (χ4n) is 4.29. The molecule has 2 atom stereocenters. The Hall–Kier alpha value is -4.23. The number of nitrogens with zero attached hydrogens (tertiary/aromatic N) is 2. The average molecular weight is 622 g/mol. The molecule has 0 amide bonds. The summed E-state index contributed by atoms with van der Waals surface area (Å²) < 4.78 is 62.5. The first-order valence-corrected chi connectivity index (χ1v) is 15.4. The first-order valence-electron chi connectivity index (χ1n) is 13.3. The van der Waals surface area contributed by atoms with E-state index in [0.717, 1.165) is 21.9 Å². The molecule has 4 rings (SSSR count). The molecule has 0 radical (unpaired) electrons. The molecule has 4 aromatic carbocycles. The summed E-state index contributed by atoms with van der Waals surface area (Å²) in [6.07, 6.45) is 0.790. The zero-order valence-electron chi connectivity index (χ0n) is 24.1. The molecule has 1 N–H and O–H groups in total. The van der Waals surface area contributed by atoms with Crippen molar-refractivity contribution in [1.82, 2.24) is 0 Å². The van der Waals surface area contributed by atoms with Gasteiger partial charge >= 0.3 is 5.97 Å². The molecule has 10 nitrogen and oxygen atoms in total. The SMILES string of the molecule is CCCNc1cc(Oc2ccc(N(c3ccc(C)cc3)S(=O)[O-])c(C(=O)OC)c2)ccc1N(c1ccc(C)cc1)S(=O)[O-]. The van der Waals surface area contributed by atoms with E-state index >= 15 is 0 Å². The van der Waals surface area contributed by atoms with Crippen LogP contribution >= 0.6 is 0 Å². The van der Waals surface area contributed by atoms with Gasteiger partial charge < -0.3 is 23.9 Å². The Morgan fingerprint density at radius 1 is 0.767 bits per heavy atom. The highest BCUT2D eigenvalue weighted by Crippen LogP contribution is 2.39. The van der Waals surface area contributed by atoms with E-state index in [2.05, 4.69) is 5.32 Å². The van der Waals surface area contributed by atoms with Crippen LogP contribution in [0.15, 0.2) is 84.9 Å². The molecule has 0 saturated carbocycles. The van der Waals surface area contributed by atoms with E-state index < -0.39 is 28.5 Å². The average Bonchev–Trinajstić information content (AvgIpc) is 2.99. The molecule has 0 heterocycles. The zero-order valence-corrected chi connectivity index (χ0v) is 25.7. The fraction of sp³-hybridized carbons (Fsp3) is 0.194. The summed E-state index contributed by atoms with van der Waals surface area (Å²) >= 11 is -5.36. The Bertz CT molecular complexity index is 1630. The number of nitrogens with one attached hydrogen (secondary N) is 1. The van der Waals surface area contributed by atoms with Gasteiger partial charge in [-0.2, -0.15) is 0 Å². The van der Waals surface area contributed by atoms with Crippen LogP contribution in [-0.2, 0) is 27.3 Å². The van der Waals surface area contributed by atoms with Crippen LogP contribution in [0.2, 0.25) is 0 Å². The number of esters is 1. The highest BCUT2D eigenvalue weighted by atomic mass is 32.2. The summed E-state index contributed by atoms with van der Waals surface area (Å²) in [5.74, 6) is -0.161. The van der Waals surface area contributed by atoms with Crippen molar-refractivity contribution in [3.63, 3.8) is 0 Å². The predicted molar refractivity (Wildman–Crippen MR) is 168 cm³/mol. The molecule has 12 heteroatoms. The smallest absolute Gasteiger partial charge is 0.340 e. The minimum Gasteiger partial charge on any atom is -0.755 e. The van der Waals surface area contributed by atoms with Gasteiger partial charge in [0.2, 0.25) is 0 Å². The molecule has 0 aromatic heterocycles. The lowest BCUT2D eigenvalue weighted by Gasteiger charge is -2.29. The Kier molecular flexibility index (Phi) is 10.5. The van der Waals surface area contributed by atoms with Crippen LogP contribution in [0.3, 0.4) is 0 Å². The van der Waals surface area contributed by atoms with Gasteiger partial charge in [0.1, 0.15) is 11.5 Å². The summed E-state index contributed by atoms with van der Waals surface area (Å²) in [7, 11) is 1.20. The van der Waals surface area contributed by atoms with E-state index in [-0.39, 0.29) is 17.0 Å². The third-order valence-corrected chi connectivity index (χ3v) is 7.83. The lowest BCUT2D eigenvalue weighted by Crippen LogP contribution is -2.22. The van der Waals surface area contributed by atoms with Gasteiger partial charge in [-0.15, -0.1) is 0 Å². The number of ether oxygens (including phenoxy) is 2. The lowest BCUT2D eigenvalue weighted by atomic mass is 10.1. The predicted octanol–water partition coefficient (Wildman–Crippen LogP) is 6.57. The van der Waals surface area contributed by atoms with Crippen molar-refractivity contribution < 1.29 is 31.8 Å². The van der Waals surface area contributed by atoms with Gasteiger partial charge in [0.15, 0.2) is 0 Å². The van der Waals surface area contributed by atoms with Crippen molar-refractivity contribution in [2.24, 2.45) is 0 Å². The molecular weight excluding hydrogens is 590 g/mol. The van der Waals surface area contributed by atoms with Crippen LogP contribution < -0.4 is 18.7 Å². The molecule has 4 aromatic rings. The Balaban J connectivity index is 1.73. The van der Waals surface area contributed by atoms with Gasteiger partial charge in [-0.3, -0.25) is 17.0 Å². The van der Waals surface area contributed by atoms with E-state index in [1.807, 2.05) is 32.9 Å². The van der Waals surface area contributed by atoms with E-state index in [9.17, 15) is 22.3 Å². The minimum absolute atomic E-state index is 0.0296. The number of anilines is 5. The standard InChI is InChI=1S/C31H33N3O7S2/c1-5-18-32-28-20-26(15-17-30(28)34(43(38)39)24-12-8-22(3)9-13-24)41-25-14-16-29(27(19-25)31(35)40-4)33(42(36)37)23-10-6-21(2)7-11-23/h6-17,19-20,32H,5,18H2,1-4H3,(H,36,37)(H,38,39)/p-2. The van der Waals surface area contributed by atoms with E-state index in [0.29, 0.717) is 35.0 Å². The van der Waals surface area contributed by atoms with Crippen molar-refractivity contribution in [3.05, 3.63) is 102 Å². The number of carbonyl (C=O) groups is 1. The number of benzene rings is 4. The third-order valence-electron chi connectivity index (χ3n) is 6.42. The van der Waals surface area contributed by atoms with Crippen LogP contribution in [-0.4, -0.2) is 37.1 Å². The van der Waals surface area contributed by atoms with E-state index in [1.54, 1.807) is 54.6 Å². The van der Waals surface area contributed by atoms with Crippen LogP contribution in [0, 0.1) is 13.8 Å². The van der Waals surface area contributed by atoms with Crippen LogP contribution in [0.4, 0.5) is 28.4 Å². The van der Waals surface area contributed by atoms with Gasteiger partial charge in [0.25, 0.3) is 0 Å². The number of aryl methyl sites for hydroxylation is 2. The largest absolute Gasteiger partial charge is 0.755 e. The molecule has 0 spiro atoms. The monoisotopic (exact) mass is 621 g/mol. The van der Waals surface area contributed by atoms with Crippen LogP contribution in [0.1, 0.15) is 34.8 Å². The number of hydrogen-bond acceptors (Lipinski definition) is 8. The summed E-state index contributed by atoms with van der Waals surface area (Å²) in [4.78, 5) is 12.8. The minimum atomic E-state index is -2.75. The third kappa shape index (κ3) is 7.59. The fourth-order valence-corrected chi connectivity index (χ4v) is 5.52. The highest BCUT2D eigenvalue weighted by Gasteiger charge is 2.22. The second-order valence-corrected chi connectivity index (χ2v) is 11.2. The number of rotatable bonds is 12. The second kappa shape index (κ2) is 14.3. The molecule has 0 aliphatic carbocycles. The lowest BCUT2D eigenvalue weighted by molar-refractivity contribution is 0.0601. The van der Waals surface area contributed by atoms with E-state index in [4.69, 9.17) is 9.47 Å². The summed E-state index contributed by atoms with van der Waals surface area (Å²) in [5.41, 5.74) is 3.72. The quantitative estimate of drug-likeness (QED) is 0.139. The first kappa shape index (κ1) is 31.7. The Morgan fingerprint density at radius 3 is 1.74 bits per heavy atom. The second-order valence-electron chi connectivity index (χ2n) is 9.57. The van der Waals surface area contributed by atoms with Gasteiger partial charge in [-0.1, -0.05) is 42.3 Å². The van der Waals surface area contributed by atoms with Crippen molar-refractivity contribution in [2.75, 3.05) is 27.6 Å². The maximum absolute atomic E-state index is 12.8. The van der Waals surface area contributed by atoms with Gasteiger partial charge in [0, 0.05) is 12.6 Å². The van der Waals surface area contributed by atoms with Gasteiger partial charge in [-0.05, 0) is 74.9 Å². The maximum Gasteiger partial charge on any atom is 0.340 e. The zero-order chi connectivity index (χ0) is 31.1. The summed E-state index contributed by atoms with van der Waals surface area (Å²) in [6.45, 7) is 6.36.